The molecule has 0 aromatic heterocycles. The van der Waals surface area contributed by atoms with Crippen LogP contribution in [-0.4, -0.2) is 7.11 Å². The normalized spacial score (nSPS) is 23.9. The van der Waals surface area contributed by atoms with Crippen LogP contribution in [0.1, 0.15) is 56.4 Å². The Morgan fingerprint density at radius 2 is 1.78 bits per heavy atom. The molecule has 0 heterocycles. The lowest BCUT2D eigenvalue weighted by Crippen LogP contribution is -2.13. The van der Waals surface area contributed by atoms with Gasteiger partial charge in [0.2, 0.25) is 0 Å². The van der Waals surface area contributed by atoms with Crippen LogP contribution in [0.15, 0.2) is 24.3 Å². The first kappa shape index (κ1) is 13.5. The lowest BCUT2D eigenvalue weighted by molar-refractivity contribution is 0.305. The van der Waals surface area contributed by atoms with E-state index < -0.39 is 0 Å². The van der Waals surface area contributed by atoms with Gasteiger partial charge in [0.25, 0.3) is 0 Å². The van der Waals surface area contributed by atoms with E-state index in [2.05, 4.69) is 31.2 Å². The first-order valence-corrected chi connectivity index (χ1v) is 7.26. The summed E-state index contributed by atoms with van der Waals surface area (Å²) in [6.07, 6.45) is 9.30. The van der Waals surface area contributed by atoms with E-state index >= 15 is 0 Å². The molecule has 0 aliphatic heterocycles. The van der Waals surface area contributed by atoms with Crippen LogP contribution >= 0.6 is 0 Å². The van der Waals surface area contributed by atoms with Crippen molar-refractivity contribution in [3.05, 3.63) is 36.8 Å². The molecule has 0 N–H and O–H groups in total. The second-order valence-electron chi connectivity index (χ2n) is 5.49. The summed E-state index contributed by atoms with van der Waals surface area (Å²) in [5, 5.41) is 0. The predicted molar refractivity (Wildman–Crippen MR) is 76.9 cm³/mol. The average molecular weight is 245 g/mol. The van der Waals surface area contributed by atoms with Crippen molar-refractivity contribution in [1.29, 1.82) is 0 Å². The summed E-state index contributed by atoms with van der Waals surface area (Å²) in [6.45, 7) is 3.94. The van der Waals surface area contributed by atoms with Crippen LogP contribution < -0.4 is 4.74 Å². The number of benzene rings is 1. The van der Waals surface area contributed by atoms with Crippen LogP contribution in [0.25, 0.3) is 0 Å². The fourth-order valence-corrected chi connectivity index (χ4v) is 3.09. The Hall–Kier alpha value is -0.980. The summed E-state index contributed by atoms with van der Waals surface area (Å²) in [6, 6.07) is 8.65. The first-order valence-electron chi connectivity index (χ1n) is 7.26. The summed E-state index contributed by atoms with van der Waals surface area (Å²) in [4.78, 5) is 0. The smallest absolute Gasteiger partial charge is 0.118 e. The monoisotopic (exact) mass is 245 g/mol. The van der Waals surface area contributed by atoms with Gasteiger partial charge in [-0.3, -0.25) is 0 Å². The molecule has 0 bridgehead atoms. The minimum absolute atomic E-state index is 0.770. The highest BCUT2D eigenvalue weighted by Gasteiger charge is 2.21. The van der Waals surface area contributed by atoms with Gasteiger partial charge in [0.1, 0.15) is 5.75 Å². The van der Waals surface area contributed by atoms with E-state index in [1.165, 1.54) is 44.1 Å². The molecule has 0 unspecified atom stereocenters. The maximum absolute atomic E-state index is 5.21. The van der Waals surface area contributed by atoms with Crippen molar-refractivity contribution in [3.8, 4) is 5.75 Å². The van der Waals surface area contributed by atoms with Gasteiger partial charge in [-0.2, -0.15) is 0 Å². The maximum atomic E-state index is 5.21. The van der Waals surface area contributed by atoms with Gasteiger partial charge in [0.05, 0.1) is 7.11 Å². The van der Waals surface area contributed by atoms with Crippen molar-refractivity contribution in [3.63, 3.8) is 0 Å². The van der Waals surface area contributed by atoms with Gasteiger partial charge >= 0.3 is 0 Å². The van der Waals surface area contributed by atoms with Gasteiger partial charge < -0.3 is 4.74 Å². The van der Waals surface area contributed by atoms with Crippen LogP contribution in [0.4, 0.5) is 0 Å². The number of unbranched alkanes of at least 4 members (excludes halogenated alkanes) is 1. The minimum Gasteiger partial charge on any atom is -0.497 e. The molecule has 1 aliphatic carbocycles. The van der Waals surface area contributed by atoms with Gasteiger partial charge in [-0.15, -0.1) is 0 Å². The van der Waals surface area contributed by atoms with Crippen molar-refractivity contribution in [1.82, 2.24) is 0 Å². The summed E-state index contributed by atoms with van der Waals surface area (Å²) in [5.74, 6) is 2.69. The lowest BCUT2D eigenvalue weighted by atomic mass is 9.77. The van der Waals surface area contributed by atoms with E-state index in [1.54, 1.807) is 7.11 Å². The van der Waals surface area contributed by atoms with Crippen molar-refractivity contribution >= 4 is 0 Å². The minimum atomic E-state index is 0.770. The molecule has 0 atom stereocenters. The highest BCUT2D eigenvalue weighted by atomic mass is 16.5. The van der Waals surface area contributed by atoms with Crippen molar-refractivity contribution in [2.24, 2.45) is 5.92 Å². The summed E-state index contributed by atoms with van der Waals surface area (Å²) < 4.78 is 5.21. The lowest BCUT2D eigenvalue weighted by Gasteiger charge is -2.28. The number of methoxy groups -OCH3 is 1. The Kier molecular flexibility index (Phi) is 5.10. The third-order valence-electron chi connectivity index (χ3n) is 4.30. The molecule has 0 amide bonds. The van der Waals surface area contributed by atoms with E-state index in [0.29, 0.717) is 0 Å². The molecule has 2 rings (SSSR count). The zero-order valence-corrected chi connectivity index (χ0v) is 11.5. The molecule has 18 heavy (non-hydrogen) atoms. The number of ether oxygens (including phenoxy) is 1. The Labute approximate surface area is 112 Å². The average Bonchev–Trinajstić information content (AvgIpc) is 2.46. The molecule has 0 saturated heterocycles. The molecule has 1 aromatic carbocycles. The Balaban J connectivity index is 1.84. The molecule has 1 aliphatic rings. The third kappa shape index (κ3) is 3.51. The largest absolute Gasteiger partial charge is 0.497 e. The molecular weight excluding hydrogens is 220 g/mol. The van der Waals surface area contributed by atoms with Crippen molar-refractivity contribution in [2.75, 3.05) is 7.11 Å². The molecule has 1 fully saturated rings. The Morgan fingerprint density at radius 1 is 1.11 bits per heavy atom. The van der Waals surface area contributed by atoms with Gasteiger partial charge in [0.15, 0.2) is 0 Å². The fraction of sp³-hybridized carbons (Fsp3) is 0.588. The molecule has 99 valence electrons. The quantitative estimate of drug-likeness (QED) is 0.711. The number of hydrogen-bond donors (Lipinski definition) is 0. The van der Waals surface area contributed by atoms with Gasteiger partial charge in [-0.05, 0) is 55.2 Å². The highest BCUT2D eigenvalue weighted by molar-refractivity contribution is 5.29. The topological polar surface area (TPSA) is 9.23 Å². The van der Waals surface area contributed by atoms with E-state index in [0.717, 1.165) is 24.0 Å². The second kappa shape index (κ2) is 6.82. The molecule has 1 nitrogen and oxygen atoms in total. The second-order valence-corrected chi connectivity index (χ2v) is 5.49. The van der Waals surface area contributed by atoms with Gasteiger partial charge in [0, 0.05) is 0 Å². The summed E-state index contributed by atoms with van der Waals surface area (Å²) in [7, 11) is 1.73. The summed E-state index contributed by atoms with van der Waals surface area (Å²) in [5.41, 5.74) is 1.49. The zero-order valence-electron chi connectivity index (χ0n) is 11.5. The predicted octanol–water partition coefficient (Wildman–Crippen LogP) is 4.97. The molecule has 1 heteroatoms. The molecule has 1 radical (unpaired) electrons. The summed E-state index contributed by atoms with van der Waals surface area (Å²) >= 11 is 0. The molecule has 0 spiro atoms. The molecular formula is C17H25O. The van der Waals surface area contributed by atoms with Crippen LogP contribution in [0.3, 0.4) is 0 Å². The third-order valence-corrected chi connectivity index (χ3v) is 4.30. The van der Waals surface area contributed by atoms with Gasteiger partial charge in [-0.25, -0.2) is 0 Å². The molecule has 1 aromatic rings. The SMILES string of the molecule is [CH2]CCC[C@H]1CC[C@H](c2ccc(OC)cc2)CC1. The van der Waals surface area contributed by atoms with Crippen molar-refractivity contribution < 1.29 is 4.74 Å². The van der Waals surface area contributed by atoms with Crippen LogP contribution in [-0.2, 0) is 0 Å². The Bertz CT molecular complexity index is 333. The van der Waals surface area contributed by atoms with Gasteiger partial charge in [-0.1, -0.05) is 38.3 Å². The number of rotatable bonds is 5. The first-order chi connectivity index (χ1) is 8.83. The van der Waals surface area contributed by atoms with E-state index in [-0.39, 0.29) is 0 Å². The Morgan fingerprint density at radius 3 is 2.33 bits per heavy atom. The number of hydrogen-bond acceptors (Lipinski definition) is 1. The molecule has 1 saturated carbocycles. The van der Waals surface area contributed by atoms with E-state index in [1.807, 2.05) is 0 Å². The zero-order chi connectivity index (χ0) is 12.8. The standard InChI is InChI=1S/C17H25O/c1-3-4-5-14-6-8-15(9-7-14)16-10-12-17(18-2)13-11-16/h10-15H,1,3-9H2,2H3/t14-,15-. The van der Waals surface area contributed by atoms with Crippen LogP contribution in [0.5, 0.6) is 5.75 Å². The van der Waals surface area contributed by atoms with Crippen LogP contribution in [0.2, 0.25) is 0 Å². The maximum Gasteiger partial charge on any atom is 0.118 e. The van der Waals surface area contributed by atoms with Crippen LogP contribution in [0, 0.1) is 12.8 Å². The fourth-order valence-electron chi connectivity index (χ4n) is 3.09. The van der Waals surface area contributed by atoms with E-state index in [9.17, 15) is 0 Å². The van der Waals surface area contributed by atoms with Crippen molar-refractivity contribution in [2.45, 2.75) is 50.9 Å². The highest BCUT2D eigenvalue weighted by Crippen LogP contribution is 2.37. The van der Waals surface area contributed by atoms with E-state index in [4.69, 9.17) is 4.74 Å².